The summed E-state index contributed by atoms with van der Waals surface area (Å²) >= 11 is 0. The predicted octanol–water partition coefficient (Wildman–Crippen LogP) is 4.63. The van der Waals surface area contributed by atoms with Gasteiger partial charge in [-0.05, 0) is 59.2 Å². The average molecular weight is 668 g/mol. The highest BCUT2D eigenvalue weighted by atomic mass is 19.4. The number of rotatable bonds is 9. The van der Waals surface area contributed by atoms with E-state index in [0.29, 0.717) is 30.8 Å². The van der Waals surface area contributed by atoms with E-state index in [9.17, 15) is 33.0 Å². The van der Waals surface area contributed by atoms with Crippen LogP contribution in [0.15, 0.2) is 72.8 Å². The minimum atomic E-state index is -5.02. The molecule has 3 fully saturated rings. The van der Waals surface area contributed by atoms with E-state index in [-0.39, 0.29) is 44.4 Å². The summed E-state index contributed by atoms with van der Waals surface area (Å²) in [5.74, 6) is -2.59. The first-order valence-electron chi connectivity index (χ1n) is 16.3. The normalized spacial score (nSPS) is 24.9. The monoisotopic (exact) mass is 667 g/mol. The number of amides is 2. The van der Waals surface area contributed by atoms with Crippen molar-refractivity contribution in [2.75, 3.05) is 26.2 Å². The van der Waals surface area contributed by atoms with E-state index < -0.39 is 30.3 Å². The Morgan fingerprint density at radius 3 is 2.35 bits per heavy atom. The van der Waals surface area contributed by atoms with Crippen molar-refractivity contribution in [3.05, 3.63) is 95.1 Å². The number of aliphatic hydroxyl groups is 2. The van der Waals surface area contributed by atoms with E-state index in [4.69, 9.17) is 9.47 Å². The van der Waals surface area contributed by atoms with Gasteiger partial charge in [-0.15, -0.1) is 0 Å². The van der Waals surface area contributed by atoms with Crippen LogP contribution in [0.2, 0.25) is 0 Å². The van der Waals surface area contributed by atoms with Gasteiger partial charge >= 0.3 is 12.1 Å². The van der Waals surface area contributed by atoms with Gasteiger partial charge in [-0.1, -0.05) is 60.7 Å². The highest BCUT2D eigenvalue weighted by Crippen LogP contribution is 2.39. The molecule has 5 atom stereocenters. The second-order valence-corrected chi connectivity index (χ2v) is 12.8. The maximum Gasteiger partial charge on any atom is 0.471 e. The van der Waals surface area contributed by atoms with Gasteiger partial charge in [-0.2, -0.15) is 13.2 Å². The summed E-state index contributed by atoms with van der Waals surface area (Å²) in [5, 5.41) is 22.3. The Morgan fingerprint density at radius 1 is 0.896 bits per heavy atom. The number of carbonyl (C=O) groups excluding carboxylic acids is 2. The minimum Gasteiger partial charge on any atom is -0.392 e. The van der Waals surface area contributed by atoms with Crippen LogP contribution in [-0.2, 0) is 32.2 Å². The molecular weight excluding hydrogens is 627 g/mol. The zero-order chi connectivity index (χ0) is 33.8. The molecule has 0 unspecified atom stereocenters. The molecule has 12 heteroatoms. The lowest BCUT2D eigenvalue weighted by molar-refractivity contribution is -0.252. The lowest BCUT2D eigenvalue weighted by Crippen LogP contribution is -2.50. The molecule has 0 spiro atoms. The van der Waals surface area contributed by atoms with Gasteiger partial charge in [0.1, 0.15) is 6.04 Å². The highest BCUT2D eigenvalue weighted by molar-refractivity contribution is 5.90. The summed E-state index contributed by atoms with van der Waals surface area (Å²) in [5.41, 5.74) is 5.14. The van der Waals surface area contributed by atoms with Gasteiger partial charge in [0.25, 0.3) is 0 Å². The SMILES string of the molecule is O=C(NCc1cccc(-c2cccc([C@@H]3O[C@H](CN4CC[C@H](O)C4)C[C@H](c4ccc(CO)cc4)O3)c2)c1)[C@@H]1CCCN1C(=O)C(F)(F)F. The highest BCUT2D eigenvalue weighted by Gasteiger charge is 2.47. The predicted molar refractivity (Wildman–Crippen MR) is 170 cm³/mol. The molecule has 2 amide bonds. The number of aliphatic hydroxyl groups excluding tert-OH is 2. The number of likely N-dealkylation sites (tertiary alicyclic amines) is 2. The Kier molecular flexibility index (Phi) is 10.5. The molecular formula is C36H40F3N3O6. The van der Waals surface area contributed by atoms with Crippen molar-refractivity contribution < 1.29 is 42.4 Å². The molecule has 3 aliphatic heterocycles. The Balaban J connectivity index is 1.16. The molecule has 0 aliphatic carbocycles. The Hall–Kier alpha value is -3.81. The minimum absolute atomic E-state index is 0.0418. The Labute approximate surface area is 277 Å². The zero-order valence-electron chi connectivity index (χ0n) is 26.4. The number of hydrogen-bond acceptors (Lipinski definition) is 7. The van der Waals surface area contributed by atoms with Crippen LogP contribution in [0.1, 0.15) is 60.3 Å². The van der Waals surface area contributed by atoms with E-state index >= 15 is 0 Å². The Bertz CT molecular complexity index is 1590. The first-order chi connectivity index (χ1) is 23.1. The topological polar surface area (TPSA) is 112 Å². The van der Waals surface area contributed by atoms with Crippen molar-refractivity contribution in [2.45, 2.75) is 75.7 Å². The van der Waals surface area contributed by atoms with E-state index in [2.05, 4.69) is 10.2 Å². The third-order valence-corrected chi connectivity index (χ3v) is 9.27. The van der Waals surface area contributed by atoms with E-state index in [1.165, 1.54) is 0 Å². The molecule has 0 radical (unpaired) electrons. The molecule has 3 aliphatic rings. The van der Waals surface area contributed by atoms with Gasteiger partial charge in [0.15, 0.2) is 6.29 Å². The molecule has 9 nitrogen and oxygen atoms in total. The molecule has 3 N–H and O–H groups in total. The fourth-order valence-electron chi connectivity index (χ4n) is 6.78. The number of halogens is 3. The van der Waals surface area contributed by atoms with Crippen molar-refractivity contribution >= 4 is 11.8 Å². The summed E-state index contributed by atoms with van der Waals surface area (Å²) < 4.78 is 52.1. The van der Waals surface area contributed by atoms with Crippen molar-refractivity contribution in [3.63, 3.8) is 0 Å². The lowest BCUT2D eigenvalue weighted by atomic mass is 9.98. The van der Waals surface area contributed by atoms with Crippen molar-refractivity contribution in [1.82, 2.24) is 15.1 Å². The fraction of sp³-hybridized carbons (Fsp3) is 0.444. The van der Waals surface area contributed by atoms with Crippen LogP contribution in [0.25, 0.3) is 11.1 Å². The molecule has 0 aromatic heterocycles. The van der Waals surface area contributed by atoms with Crippen molar-refractivity contribution in [2.24, 2.45) is 0 Å². The van der Waals surface area contributed by atoms with Crippen LogP contribution >= 0.6 is 0 Å². The number of nitrogens with zero attached hydrogens (tertiary/aromatic N) is 2. The number of hydrogen-bond donors (Lipinski definition) is 3. The van der Waals surface area contributed by atoms with Crippen LogP contribution in [0.5, 0.6) is 0 Å². The largest absolute Gasteiger partial charge is 0.471 e. The van der Waals surface area contributed by atoms with Crippen LogP contribution in [-0.4, -0.2) is 82.4 Å². The summed E-state index contributed by atoms with van der Waals surface area (Å²) in [7, 11) is 0. The summed E-state index contributed by atoms with van der Waals surface area (Å²) in [6.45, 7) is 2.03. The quantitative estimate of drug-likeness (QED) is 0.305. The second kappa shape index (κ2) is 14.8. The van der Waals surface area contributed by atoms with Crippen molar-refractivity contribution in [3.8, 4) is 11.1 Å². The summed E-state index contributed by atoms with van der Waals surface area (Å²) in [6, 6.07) is 21.9. The molecule has 3 aromatic carbocycles. The van der Waals surface area contributed by atoms with Gasteiger partial charge < -0.3 is 29.9 Å². The smallest absolute Gasteiger partial charge is 0.392 e. The van der Waals surface area contributed by atoms with Crippen LogP contribution in [0, 0.1) is 0 Å². The van der Waals surface area contributed by atoms with Crippen molar-refractivity contribution in [1.29, 1.82) is 0 Å². The van der Waals surface area contributed by atoms with Gasteiger partial charge in [-0.25, -0.2) is 0 Å². The molecule has 3 aromatic rings. The first-order valence-corrected chi connectivity index (χ1v) is 16.3. The third-order valence-electron chi connectivity index (χ3n) is 9.27. The summed E-state index contributed by atoms with van der Waals surface area (Å²) in [4.78, 5) is 27.4. The number of β-amino-alcohol motifs (C(OH)–C–C–N with tert-alkyl or cyclic N) is 1. The molecule has 6 rings (SSSR count). The average Bonchev–Trinajstić information content (AvgIpc) is 3.75. The first kappa shape index (κ1) is 34.1. The zero-order valence-corrected chi connectivity index (χ0v) is 26.4. The van der Waals surface area contributed by atoms with Gasteiger partial charge in [0, 0.05) is 44.7 Å². The number of carbonyl (C=O) groups is 2. The molecule has 48 heavy (non-hydrogen) atoms. The maximum atomic E-state index is 13.0. The van der Waals surface area contributed by atoms with E-state index in [1.54, 1.807) is 0 Å². The Morgan fingerprint density at radius 2 is 1.65 bits per heavy atom. The molecule has 256 valence electrons. The van der Waals surface area contributed by atoms with Gasteiger partial charge in [0.2, 0.25) is 5.91 Å². The summed E-state index contributed by atoms with van der Waals surface area (Å²) in [6.07, 6.45) is -4.51. The molecule has 0 bridgehead atoms. The number of ether oxygens (including phenoxy) is 2. The molecule has 3 heterocycles. The number of benzene rings is 3. The van der Waals surface area contributed by atoms with Crippen LogP contribution in [0.4, 0.5) is 13.2 Å². The van der Waals surface area contributed by atoms with E-state index in [0.717, 1.165) is 46.3 Å². The van der Waals surface area contributed by atoms with Gasteiger partial charge in [-0.3, -0.25) is 14.5 Å². The lowest BCUT2D eigenvalue weighted by Gasteiger charge is -2.38. The molecule has 3 saturated heterocycles. The second-order valence-electron chi connectivity index (χ2n) is 12.8. The number of nitrogens with one attached hydrogen (secondary N) is 1. The number of alkyl halides is 3. The molecule has 0 saturated carbocycles. The third kappa shape index (κ3) is 8.07. The van der Waals surface area contributed by atoms with Crippen LogP contribution in [0.3, 0.4) is 0 Å². The van der Waals surface area contributed by atoms with Crippen LogP contribution < -0.4 is 5.32 Å². The maximum absolute atomic E-state index is 13.0. The fourth-order valence-corrected chi connectivity index (χ4v) is 6.78. The standard InChI is InChI=1S/C36H40F3N3O6/c37-36(38,39)35(46)42-14-3-8-31(42)33(45)40-19-24-4-1-5-26(16-24)27-6-2-7-28(17-27)34-47-30(21-41-15-13-29(44)20-41)18-32(48-34)25-11-9-23(22-43)10-12-25/h1-2,4-7,9-12,16-17,29-32,34,43-44H,3,8,13-15,18-22H2,(H,40,45)/t29-,30-,31-,32+,34+/m0/s1. The van der Waals surface area contributed by atoms with E-state index in [1.807, 2.05) is 72.8 Å². The van der Waals surface area contributed by atoms with Gasteiger partial charge in [0.05, 0.1) is 24.9 Å².